The van der Waals surface area contributed by atoms with Gasteiger partial charge in [0.05, 0.1) is 10.6 Å². The summed E-state index contributed by atoms with van der Waals surface area (Å²) in [4.78, 5) is 33.2. The van der Waals surface area contributed by atoms with Crippen molar-refractivity contribution in [3.8, 4) is 11.1 Å². The molecule has 0 fully saturated rings. The smallest absolute Gasteiger partial charge is 0.263 e. The molecule has 0 saturated carbocycles. The van der Waals surface area contributed by atoms with Crippen LogP contribution in [0.15, 0.2) is 39.6 Å². The molecule has 1 aromatic carbocycles. The number of halogens is 1. The quantitative estimate of drug-likeness (QED) is 0.397. The van der Waals surface area contributed by atoms with Gasteiger partial charge in [-0.1, -0.05) is 23.9 Å². The summed E-state index contributed by atoms with van der Waals surface area (Å²) in [5, 5.41) is 2.52. The van der Waals surface area contributed by atoms with Gasteiger partial charge in [0.2, 0.25) is 5.91 Å². The minimum atomic E-state index is -0.373. The highest BCUT2D eigenvalue weighted by Gasteiger charge is 2.27. The maximum Gasteiger partial charge on any atom is 0.263 e. The molecular weight excluding hydrogens is 421 g/mol. The van der Waals surface area contributed by atoms with Crippen molar-refractivity contribution in [2.24, 2.45) is 7.05 Å². The fourth-order valence-corrected chi connectivity index (χ4v) is 5.44. The predicted octanol–water partition coefficient (Wildman–Crippen LogP) is 4.93. The van der Waals surface area contributed by atoms with Crippen LogP contribution >= 0.6 is 23.1 Å². The predicted molar refractivity (Wildman–Crippen MR) is 123 cm³/mol. The Hall–Kier alpha value is -2.19. The third kappa shape index (κ3) is 4.30. The molecule has 0 saturated heterocycles. The molecule has 2 heterocycles. The van der Waals surface area contributed by atoms with E-state index in [2.05, 4.69) is 4.98 Å². The summed E-state index contributed by atoms with van der Waals surface area (Å²) < 4.78 is 14.8. The summed E-state index contributed by atoms with van der Waals surface area (Å²) >= 11 is 2.67. The fourth-order valence-electron chi connectivity index (χ4n) is 3.52. The van der Waals surface area contributed by atoms with Crippen molar-refractivity contribution < 1.29 is 9.18 Å². The molecule has 30 heavy (non-hydrogen) atoms. The van der Waals surface area contributed by atoms with Crippen LogP contribution in [-0.4, -0.2) is 37.7 Å². The Morgan fingerprint density at radius 2 is 1.73 bits per heavy atom. The lowest BCUT2D eigenvalue weighted by atomic mass is 10.1. The average Bonchev–Trinajstić information content (AvgIpc) is 3.09. The van der Waals surface area contributed by atoms with Crippen LogP contribution in [0.5, 0.6) is 0 Å². The summed E-state index contributed by atoms with van der Waals surface area (Å²) in [6.07, 6.45) is 0. The number of thiophene rings is 1. The van der Waals surface area contributed by atoms with Gasteiger partial charge in [0.15, 0.2) is 5.16 Å². The maximum absolute atomic E-state index is 13.3. The molecule has 0 aliphatic heterocycles. The lowest BCUT2D eigenvalue weighted by Crippen LogP contribution is -2.45. The zero-order valence-electron chi connectivity index (χ0n) is 18.0. The number of benzene rings is 1. The Morgan fingerprint density at radius 1 is 1.13 bits per heavy atom. The van der Waals surface area contributed by atoms with Gasteiger partial charge >= 0.3 is 0 Å². The Morgan fingerprint density at radius 3 is 2.30 bits per heavy atom. The van der Waals surface area contributed by atoms with E-state index in [4.69, 9.17) is 0 Å². The van der Waals surface area contributed by atoms with E-state index in [0.717, 1.165) is 11.1 Å². The molecule has 0 spiro atoms. The first kappa shape index (κ1) is 22.5. The van der Waals surface area contributed by atoms with Crippen LogP contribution < -0.4 is 5.56 Å². The minimum Gasteiger partial charge on any atom is -0.337 e. The number of rotatable bonds is 6. The summed E-state index contributed by atoms with van der Waals surface area (Å²) in [5.74, 6) is -0.295. The number of carbonyl (C=O) groups excluding carboxylic acids is 1. The van der Waals surface area contributed by atoms with Crippen LogP contribution in [0.25, 0.3) is 21.3 Å². The highest BCUT2D eigenvalue weighted by atomic mass is 32.2. The Balaban J connectivity index is 1.97. The monoisotopic (exact) mass is 447 g/mol. The molecule has 2 aromatic heterocycles. The third-order valence-electron chi connectivity index (χ3n) is 4.93. The molecule has 0 radical (unpaired) electrons. The summed E-state index contributed by atoms with van der Waals surface area (Å²) in [6.45, 7) is 9.84. The number of hydrogen-bond donors (Lipinski definition) is 0. The van der Waals surface area contributed by atoms with Gasteiger partial charge in [0.25, 0.3) is 5.56 Å². The molecule has 0 aliphatic carbocycles. The second-order valence-corrected chi connectivity index (χ2v) is 9.95. The summed E-state index contributed by atoms with van der Waals surface area (Å²) in [5.41, 5.74) is 1.34. The van der Waals surface area contributed by atoms with Gasteiger partial charge in [-0.25, -0.2) is 9.37 Å². The largest absolute Gasteiger partial charge is 0.337 e. The van der Waals surface area contributed by atoms with Crippen molar-refractivity contribution in [3.05, 3.63) is 45.8 Å². The molecule has 0 aliphatic rings. The lowest BCUT2D eigenvalue weighted by Gasteiger charge is -2.32. The molecule has 0 unspecified atom stereocenters. The molecule has 1 atom stereocenters. The average molecular weight is 448 g/mol. The first-order valence-corrected chi connectivity index (χ1v) is 11.6. The van der Waals surface area contributed by atoms with Crippen molar-refractivity contribution in [2.75, 3.05) is 0 Å². The number of hydrogen-bond acceptors (Lipinski definition) is 5. The van der Waals surface area contributed by atoms with Crippen molar-refractivity contribution >= 4 is 39.2 Å². The van der Waals surface area contributed by atoms with Gasteiger partial charge in [0, 0.05) is 30.1 Å². The Labute approximate surface area is 183 Å². The second kappa shape index (κ2) is 8.89. The number of nitrogens with zero attached hydrogens (tertiary/aromatic N) is 3. The van der Waals surface area contributed by atoms with Gasteiger partial charge in [0.1, 0.15) is 10.6 Å². The van der Waals surface area contributed by atoms with Crippen LogP contribution in [0.3, 0.4) is 0 Å². The lowest BCUT2D eigenvalue weighted by molar-refractivity contribution is -0.133. The van der Waals surface area contributed by atoms with E-state index in [0.29, 0.717) is 15.4 Å². The minimum absolute atomic E-state index is 0.0255. The molecule has 1 amide bonds. The van der Waals surface area contributed by atoms with Crippen LogP contribution in [0, 0.1) is 5.82 Å². The van der Waals surface area contributed by atoms with Crippen LogP contribution in [0.4, 0.5) is 4.39 Å². The van der Waals surface area contributed by atoms with E-state index >= 15 is 0 Å². The van der Waals surface area contributed by atoms with Gasteiger partial charge < -0.3 is 4.90 Å². The van der Waals surface area contributed by atoms with Crippen LogP contribution in [0.1, 0.15) is 34.6 Å². The number of fused-ring (bicyclic) bond motifs is 1. The molecule has 0 bridgehead atoms. The first-order chi connectivity index (χ1) is 14.1. The topological polar surface area (TPSA) is 55.2 Å². The van der Waals surface area contributed by atoms with Gasteiger partial charge in [-0.3, -0.25) is 14.2 Å². The second-order valence-electron chi connectivity index (χ2n) is 7.79. The molecule has 0 N–H and O–H groups in total. The van der Waals surface area contributed by atoms with Gasteiger partial charge in [-0.2, -0.15) is 0 Å². The normalized spacial score (nSPS) is 12.7. The molecule has 3 rings (SSSR count). The molecule has 5 nitrogen and oxygen atoms in total. The molecule has 8 heteroatoms. The highest BCUT2D eigenvalue weighted by molar-refractivity contribution is 8.00. The fraction of sp³-hybridized carbons (Fsp3) is 0.409. The Kier molecular flexibility index (Phi) is 6.67. The van der Waals surface area contributed by atoms with Crippen LogP contribution in [0.2, 0.25) is 0 Å². The Bertz CT molecular complexity index is 1110. The van der Waals surface area contributed by atoms with Crippen molar-refractivity contribution in [1.29, 1.82) is 0 Å². The SMILES string of the molecule is CC(C)N(C(=O)[C@@H](C)Sc1nc2scc(-c3ccc(F)cc3)c2c(=O)n1C)C(C)C. The van der Waals surface area contributed by atoms with Gasteiger partial charge in [-0.15, -0.1) is 11.3 Å². The number of amides is 1. The van der Waals surface area contributed by atoms with E-state index in [-0.39, 0.29) is 34.6 Å². The van der Waals surface area contributed by atoms with E-state index in [1.807, 2.05) is 44.9 Å². The zero-order valence-corrected chi connectivity index (χ0v) is 19.6. The number of carbonyl (C=O) groups is 1. The standard InChI is InChI=1S/C22H26FN3O2S2/c1-12(2)26(13(3)4)20(27)14(5)30-22-24-19-18(21(28)25(22)6)17(11-29-19)15-7-9-16(23)10-8-15/h7-14H,1-6H3/t14-/m1/s1. The number of aromatic nitrogens is 2. The van der Waals surface area contributed by atoms with Crippen molar-refractivity contribution in [2.45, 2.75) is 57.1 Å². The zero-order chi connectivity index (χ0) is 22.2. The van der Waals surface area contributed by atoms with E-state index in [1.165, 1.54) is 39.8 Å². The highest BCUT2D eigenvalue weighted by Crippen LogP contribution is 2.33. The van der Waals surface area contributed by atoms with E-state index < -0.39 is 0 Å². The summed E-state index contributed by atoms with van der Waals surface area (Å²) in [7, 11) is 1.67. The van der Waals surface area contributed by atoms with Crippen molar-refractivity contribution in [1.82, 2.24) is 14.5 Å². The molecular formula is C22H26FN3O2S2. The first-order valence-electron chi connectivity index (χ1n) is 9.84. The van der Waals surface area contributed by atoms with Crippen molar-refractivity contribution in [3.63, 3.8) is 0 Å². The molecule has 160 valence electrons. The van der Waals surface area contributed by atoms with E-state index in [1.54, 1.807) is 19.2 Å². The third-order valence-corrected chi connectivity index (χ3v) is 6.93. The maximum atomic E-state index is 13.3. The summed E-state index contributed by atoms with van der Waals surface area (Å²) in [6, 6.07) is 6.26. The molecule has 3 aromatic rings. The van der Waals surface area contributed by atoms with Gasteiger partial charge in [-0.05, 0) is 52.3 Å². The number of thioether (sulfide) groups is 1. The van der Waals surface area contributed by atoms with E-state index in [9.17, 15) is 14.0 Å². The van der Waals surface area contributed by atoms with Crippen LogP contribution in [-0.2, 0) is 11.8 Å².